The van der Waals surface area contributed by atoms with Gasteiger partial charge in [0.2, 0.25) is 0 Å². The number of hydrogen-bond donors (Lipinski definition) is 4. The minimum absolute atomic E-state index is 0. The number of hydrogen-bond acceptors (Lipinski definition) is 9. The molecule has 0 saturated heterocycles. The minimum Gasteiger partial charge on any atom is -0.456 e. The number of nitrogens with one attached hydrogen (secondary N) is 2. The number of aliphatic hydroxyl groups excluding tert-OH is 2. The smallest absolute Gasteiger partial charge is 0.270 e. The van der Waals surface area contributed by atoms with Crippen molar-refractivity contribution >= 4 is 54.9 Å². The maximum atomic E-state index is 12.1. The van der Waals surface area contributed by atoms with E-state index < -0.39 is 0 Å². The number of aliphatic hydroxyl groups is 2. The Morgan fingerprint density at radius 2 is 1.22 bits per heavy atom. The third kappa shape index (κ3) is 9.18. The van der Waals surface area contributed by atoms with Gasteiger partial charge in [-0.3, -0.25) is 9.59 Å². The number of carbonyl (C=O) groups is 2. The number of pyridine rings is 2. The van der Waals surface area contributed by atoms with Crippen molar-refractivity contribution in [3.8, 4) is 11.5 Å². The topological polar surface area (TPSA) is 134 Å². The Morgan fingerprint density at radius 1 is 0.696 bits per heavy atom. The molecule has 0 aliphatic heterocycles. The van der Waals surface area contributed by atoms with E-state index in [1.165, 1.54) is 16.9 Å². The van der Waals surface area contributed by atoms with Gasteiger partial charge in [-0.25, -0.2) is 9.97 Å². The summed E-state index contributed by atoms with van der Waals surface area (Å²) in [5.74, 6) is 0.710. The van der Waals surface area contributed by atoms with Gasteiger partial charge in [-0.05, 0) is 58.6 Å². The Bertz CT molecular complexity index is 1710. The second-order valence-electron chi connectivity index (χ2n) is 9.48. The molecule has 6 rings (SSSR count). The highest BCUT2D eigenvalue weighted by Gasteiger charge is 2.15. The summed E-state index contributed by atoms with van der Waals surface area (Å²) >= 11 is 3.15. The predicted molar refractivity (Wildman–Crippen MR) is 187 cm³/mol. The van der Waals surface area contributed by atoms with Gasteiger partial charge >= 0.3 is 0 Å². The van der Waals surface area contributed by atoms with Crippen molar-refractivity contribution in [1.82, 2.24) is 20.6 Å². The highest BCUT2D eigenvalue weighted by atomic mass is 32.1. The normalized spacial score (nSPS) is 10.2. The lowest BCUT2D eigenvalue weighted by Gasteiger charge is -2.09. The summed E-state index contributed by atoms with van der Waals surface area (Å²) in [5.41, 5.74) is 4.51. The quantitative estimate of drug-likeness (QED) is 0.129. The van der Waals surface area contributed by atoms with E-state index in [9.17, 15) is 9.59 Å². The van der Waals surface area contributed by atoms with Crippen LogP contribution in [0.1, 0.15) is 47.0 Å². The Balaban J connectivity index is 0.000000240. The van der Waals surface area contributed by atoms with Crippen molar-refractivity contribution in [1.29, 1.82) is 0 Å². The van der Waals surface area contributed by atoms with E-state index in [1.54, 1.807) is 17.4 Å². The molecule has 0 unspecified atom stereocenters. The molecule has 0 aliphatic rings. The monoisotopic (exact) mass is 658 g/mol. The molecule has 0 fully saturated rings. The highest BCUT2D eigenvalue weighted by Crippen LogP contribution is 2.33. The van der Waals surface area contributed by atoms with Crippen LogP contribution in [0, 0.1) is 0 Å². The van der Waals surface area contributed by atoms with Gasteiger partial charge in [0, 0.05) is 19.2 Å². The van der Waals surface area contributed by atoms with E-state index in [0.29, 0.717) is 22.7 Å². The van der Waals surface area contributed by atoms with Gasteiger partial charge < -0.3 is 25.6 Å². The number of aromatic nitrogens is 2. The van der Waals surface area contributed by atoms with Gasteiger partial charge in [-0.15, -0.1) is 22.7 Å². The molecule has 6 aromatic rings. The van der Waals surface area contributed by atoms with Crippen LogP contribution in [0.25, 0.3) is 20.4 Å². The fourth-order valence-electron chi connectivity index (χ4n) is 4.34. The standard InChI is InChI=1S/C17H16N2O2S.C16H14N2O3S.2CH4/c20-8-7-18-17(21)15-11-13(10-12-4-2-1-3-5-12)16-14(19-15)6-9-22-16;19-8-7-17-16(20)13-10-14(15-12(18-13)6-9-22-15)21-11-4-2-1-3-5-11;;/h1-6,9,11,20H,7-8,10H2,(H,18,21);1-6,9-10,19H,7-8H2,(H,17,20);2*1H4. The average molecular weight is 659 g/mol. The Hall–Kier alpha value is -4.68. The first-order valence-electron chi connectivity index (χ1n) is 13.9. The number of benzene rings is 2. The molecular weight excluding hydrogens is 621 g/mol. The number of para-hydroxylation sites is 1. The minimum atomic E-state index is -0.333. The third-order valence-electron chi connectivity index (χ3n) is 6.33. The SMILES string of the molecule is C.C.O=C(NCCO)c1cc(Cc2ccccc2)c2sccc2n1.O=C(NCCO)c1cc(Oc2ccccc2)c2sccc2n1. The van der Waals surface area contributed by atoms with Crippen molar-refractivity contribution in [2.24, 2.45) is 0 Å². The number of fused-ring (bicyclic) bond motifs is 2. The molecule has 0 saturated carbocycles. The van der Waals surface area contributed by atoms with E-state index in [2.05, 4.69) is 32.7 Å². The summed E-state index contributed by atoms with van der Waals surface area (Å²) in [5, 5.41) is 26.7. The maximum absolute atomic E-state index is 12.1. The van der Waals surface area contributed by atoms with E-state index in [1.807, 2.05) is 77.5 Å². The number of carbonyl (C=O) groups excluding carboxylic acids is 2. The van der Waals surface area contributed by atoms with Crippen LogP contribution >= 0.6 is 22.7 Å². The molecule has 0 spiro atoms. The molecule has 0 bridgehead atoms. The first kappa shape index (κ1) is 35.8. The summed E-state index contributed by atoms with van der Waals surface area (Å²) in [7, 11) is 0. The van der Waals surface area contributed by atoms with Crippen LogP contribution in [0.3, 0.4) is 0 Å². The molecule has 4 aromatic heterocycles. The lowest BCUT2D eigenvalue weighted by Crippen LogP contribution is -2.27. The Morgan fingerprint density at radius 3 is 1.80 bits per heavy atom. The largest absolute Gasteiger partial charge is 0.456 e. The van der Waals surface area contributed by atoms with Gasteiger partial charge in [0.1, 0.15) is 22.9 Å². The highest BCUT2D eigenvalue weighted by molar-refractivity contribution is 7.17. The zero-order valence-corrected chi connectivity index (χ0v) is 25.2. The van der Waals surface area contributed by atoms with Gasteiger partial charge in [0.25, 0.3) is 11.8 Å². The first-order valence-corrected chi connectivity index (χ1v) is 15.6. The molecule has 2 aromatic carbocycles. The van der Waals surface area contributed by atoms with Crippen LogP contribution in [0.5, 0.6) is 11.5 Å². The molecule has 11 heteroatoms. The summed E-state index contributed by atoms with van der Waals surface area (Å²) in [6.07, 6.45) is 0.765. The molecule has 46 heavy (non-hydrogen) atoms. The van der Waals surface area contributed by atoms with Gasteiger partial charge in [0.05, 0.1) is 33.6 Å². The summed E-state index contributed by atoms with van der Waals surface area (Å²) < 4.78 is 7.89. The van der Waals surface area contributed by atoms with Gasteiger partial charge in [0.15, 0.2) is 0 Å². The van der Waals surface area contributed by atoms with E-state index in [-0.39, 0.29) is 58.7 Å². The van der Waals surface area contributed by atoms with Crippen LogP contribution in [0.15, 0.2) is 95.7 Å². The second kappa shape index (κ2) is 17.7. The second-order valence-corrected chi connectivity index (χ2v) is 11.3. The molecule has 0 radical (unpaired) electrons. The number of amides is 2. The van der Waals surface area contributed by atoms with Crippen molar-refractivity contribution in [3.05, 3.63) is 118 Å². The maximum Gasteiger partial charge on any atom is 0.270 e. The molecule has 9 nitrogen and oxygen atoms in total. The number of nitrogens with zero attached hydrogens (tertiary/aromatic N) is 2. The van der Waals surface area contributed by atoms with E-state index >= 15 is 0 Å². The zero-order valence-electron chi connectivity index (χ0n) is 23.6. The summed E-state index contributed by atoms with van der Waals surface area (Å²) in [6.45, 7) is 0.233. The molecule has 4 N–H and O–H groups in total. The molecule has 0 atom stereocenters. The van der Waals surface area contributed by atoms with Crippen molar-refractivity contribution in [2.75, 3.05) is 26.3 Å². The van der Waals surface area contributed by atoms with Crippen molar-refractivity contribution in [2.45, 2.75) is 21.3 Å². The van der Waals surface area contributed by atoms with Crippen LogP contribution in [0.2, 0.25) is 0 Å². The van der Waals surface area contributed by atoms with E-state index in [0.717, 1.165) is 26.9 Å². The molecule has 240 valence electrons. The summed E-state index contributed by atoms with van der Waals surface area (Å²) in [4.78, 5) is 32.9. The lowest BCUT2D eigenvalue weighted by molar-refractivity contribution is 0.0932. The zero-order chi connectivity index (χ0) is 30.7. The van der Waals surface area contributed by atoms with Crippen LogP contribution in [-0.2, 0) is 6.42 Å². The van der Waals surface area contributed by atoms with Crippen LogP contribution in [0.4, 0.5) is 0 Å². The van der Waals surface area contributed by atoms with Crippen molar-refractivity contribution in [3.63, 3.8) is 0 Å². The van der Waals surface area contributed by atoms with Crippen molar-refractivity contribution < 1.29 is 24.5 Å². The molecule has 4 heterocycles. The average Bonchev–Trinajstić information content (AvgIpc) is 3.74. The van der Waals surface area contributed by atoms with Crippen LogP contribution in [-0.4, -0.2) is 58.3 Å². The first-order chi connectivity index (χ1) is 21.6. The predicted octanol–water partition coefficient (Wildman–Crippen LogP) is 6.69. The fourth-order valence-corrected chi connectivity index (χ4v) is 5.98. The molecule has 0 aliphatic carbocycles. The molecular formula is C35H38N4O5S2. The van der Waals surface area contributed by atoms with Gasteiger partial charge in [-0.1, -0.05) is 63.4 Å². The lowest BCUT2D eigenvalue weighted by atomic mass is 10.0. The number of ether oxygens (including phenoxy) is 1. The van der Waals surface area contributed by atoms with E-state index in [4.69, 9.17) is 14.9 Å². The number of rotatable bonds is 10. The Labute approximate surface area is 276 Å². The molecule has 2 amide bonds. The third-order valence-corrected chi connectivity index (χ3v) is 8.23. The van der Waals surface area contributed by atoms with Crippen LogP contribution < -0.4 is 15.4 Å². The fraction of sp³-hybridized carbons (Fsp3) is 0.200. The summed E-state index contributed by atoms with van der Waals surface area (Å²) in [6, 6.07) is 26.8. The Kier molecular flexibility index (Phi) is 13.8. The number of thiophene rings is 2. The van der Waals surface area contributed by atoms with Gasteiger partial charge in [-0.2, -0.15) is 0 Å².